The van der Waals surface area contributed by atoms with Crippen molar-refractivity contribution < 1.29 is 4.74 Å². The number of methoxy groups -OCH3 is 1. The van der Waals surface area contributed by atoms with Crippen LogP contribution in [0.5, 0.6) is 5.75 Å². The lowest BCUT2D eigenvalue weighted by Gasteiger charge is -2.34. The second-order valence-corrected chi connectivity index (χ2v) is 7.81. The summed E-state index contributed by atoms with van der Waals surface area (Å²) in [5, 5.41) is 3.34. The summed E-state index contributed by atoms with van der Waals surface area (Å²) in [4.78, 5) is 14.0. The molecule has 1 aliphatic rings. The highest BCUT2D eigenvalue weighted by Gasteiger charge is 2.14. The quantitative estimate of drug-likeness (QED) is 0.674. The van der Waals surface area contributed by atoms with E-state index in [9.17, 15) is 0 Å². The first kappa shape index (κ1) is 20.2. The van der Waals surface area contributed by atoms with Crippen molar-refractivity contribution in [2.24, 2.45) is 0 Å². The molecule has 0 bridgehead atoms. The molecule has 0 atom stereocenters. The predicted molar refractivity (Wildman–Crippen MR) is 122 cm³/mol. The van der Waals surface area contributed by atoms with Gasteiger partial charge in [0.15, 0.2) is 0 Å². The first-order valence-corrected chi connectivity index (χ1v) is 10.4. The second kappa shape index (κ2) is 9.13. The molecule has 4 rings (SSSR count). The normalized spacial score (nSPS) is 14.6. The highest BCUT2D eigenvalue weighted by atomic mass is 16.5. The third-order valence-electron chi connectivity index (χ3n) is 5.57. The molecule has 0 unspecified atom stereocenters. The Bertz CT molecular complexity index is 981. The zero-order valence-electron chi connectivity index (χ0n) is 17.9. The maximum Gasteiger partial charge on any atom is 0.227 e. The topological polar surface area (TPSA) is 53.5 Å². The summed E-state index contributed by atoms with van der Waals surface area (Å²) in [6.45, 7) is 6.39. The Balaban J connectivity index is 1.45. The average Bonchev–Trinajstić information content (AvgIpc) is 2.77. The van der Waals surface area contributed by atoms with Gasteiger partial charge in [-0.3, -0.25) is 0 Å². The fraction of sp³-hybridized carbons (Fsp3) is 0.333. The van der Waals surface area contributed by atoms with Crippen LogP contribution < -0.4 is 15.0 Å². The maximum atomic E-state index is 5.33. The molecule has 1 aromatic heterocycles. The van der Waals surface area contributed by atoms with Crippen LogP contribution in [0.15, 0.2) is 54.7 Å². The lowest BCUT2D eigenvalue weighted by molar-refractivity contribution is 0.313. The van der Waals surface area contributed by atoms with E-state index in [0.29, 0.717) is 5.95 Å². The molecular formula is C24H29N5O. The van der Waals surface area contributed by atoms with Crippen molar-refractivity contribution in [3.63, 3.8) is 0 Å². The number of aryl methyl sites for hydroxylation is 1. The number of aromatic nitrogens is 2. The van der Waals surface area contributed by atoms with E-state index in [-0.39, 0.29) is 0 Å². The van der Waals surface area contributed by atoms with Gasteiger partial charge < -0.3 is 19.9 Å². The third-order valence-corrected chi connectivity index (χ3v) is 5.57. The number of piperazine rings is 1. The van der Waals surface area contributed by atoms with E-state index in [1.165, 1.54) is 11.3 Å². The van der Waals surface area contributed by atoms with E-state index in [1.807, 2.05) is 31.3 Å². The van der Waals surface area contributed by atoms with E-state index < -0.39 is 0 Å². The Kier molecular flexibility index (Phi) is 6.14. The zero-order valence-corrected chi connectivity index (χ0v) is 17.9. The Labute approximate surface area is 178 Å². The van der Waals surface area contributed by atoms with Crippen LogP contribution in [0, 0.1) is 6.92 Å². The summed E-state index contributed by atoms with van der Waals surface area (Å²) in [5.74, 6) is 1.48. The van der Waals surface area contributed by atoms with Crippen molar-refractivity contribution in [2.45, 2.75) is 13.3 Å². The lowest BCUT2D eigenvalue weighted by atomic mass is 10.1. The van der Waals surface area contributed by atoms with Gasteiger partial charge in [0.25, 0.3) is 0 Å². The van der Waals surface area contributed by atoms with Crippen molar-refractivity contribution >= 4 is 17.3 Å². The van der Waals surface area contributed by atoms with Gasteiger partial charge >= 0.3 is 0 Å². The molecule has 2 aromatic carbocycles. The molecule has 156 valence electrons. The SMILES string of the molecule is COc1cccc(Cc2nc(Nc3ccc(N4CCN(C)CC4)cc3)ncc2C)c1. The molecule has 3 aromatic rings. The van der Waals surface area contributed by atoms with Crippen LogP contribution >= 0.6 is 0 Å². The van der Waals surface area contributed by atoms with E-state index in [4.69, 9.17) is 9.72 Å². The number of anilines is 3. The minimum atomic E-state index is 0.617. The van der Waals surface area contributed by atoms with Gasteiger partial charge in [0, 0.05) is 50.2 Å². The molecule has 1 aliphatic heterocycles. The van der Waals surface area contributed by atoms with E-state index in [2.05, 4.69) is 57.5 Å². The number of hydrogen-bond donors (Lipinski definition) is 1. The van der Waals surface area contributed by atoms with Gasteiger partial charge in [0.05, 0.1) is 12.8 Å². The number of likely N-dealkylation sites (N-methyl/N-ethyl adjacent to an activating group) is 1. The summed E-state index contributed by atoms with van der Waals surface area (Å²) in [6, 6.07) is 16.6. The molecule has 0 amide bonds. The van der Waals surface area contributed by atoms with Crippen LogP contribution in [0.1, 0.15) is 16.8 Å². The molecule has 0 radical (unpaired) electrons. The van der Waals surface area contributed by atoms with Crippen LogP contribution in [0.2, 0.25) is 0 Å². The first-order valence-electron chi connectivity index (χ1n) is 10.4. The van der Waals surface area contributed by atoms with Gasteiger partial charge in [-0.1, -0.05) is 12.1 Å². The molecule has 30 heavy (non-hydrogen) atoms. The third kappa shape index (κ3) is 4.89. The molecule has 6 nitrogen and oxygen atoms in total. The van der Waals surface area contributed by atoms with E-state index >= 15 is 0 Å². The minimum absolute atomic E-state index is 0.617. The highest BCUT2D eigenvalue weighted by Crippen LogP contribution is 2.22. The molecule has 1 saturated heterocycles. The molecule has 1 N–H and O–H groups in total. The Morgan fingerprint density at radius 3 is 2.53 bits per heavy atom. The number of hydrogen-bond acceptors (Lipinski definition) is 6. The Morgan fingerprint density at radius 1 is 1.03 bits per heavy atom. The van der Waals surface area contributed by atoms with Crippen LogP contribution in [0.4, 0.5) is 17.3 Å². The summed E-state index contributed by atoms with van der Waals surface area (Å²) >= 11 is 0. The van der Waals surface area contributed by atoms with Crippen LogP contribution in [-0.2, 0) is 6.42 Å². The van der Waals surface area contributed by atoms with E-state index in [1.54, 1.807) is 7.11 Å². The van der Waals surface area contributed by atoms with Crippen molar-refractivity contribution in [2.75, 3.05) is 50.6 Å². The molecule has 0 spiro atoms. The number of ether oxygens (including phenoxy) is 1. The number of nitrogens with one attached hydrogen (secondary N) is 1. The van der Waals surface area contributed by atoms with Crippen LogP contribution in [0.25, 0.3) is 0 Å². The average molecular weight is 404 g/mol. The first-order chi connectivity index (χ1) is 14.6. The van der Waals surface area contributed by atoms with Crippen LogP contribution in [0.3, 0.4) is 0 Å². The number of benzene rings is 2. The molecule has 2 heterocycles. The van der Waals surface area contributed by atoms with Gasteiger partial charge in [0.2, 0.25) is 5.95 Å². The van der Waals surface area contributed by atoms with Crippen molar-refractivity contribution in [1.29, 1.82) is 0 Å². The predicted octanol–water partition coefficient (Wildman–Crippen LogP) is 3.88. The highest BCUT2D eigenvalue weighted by molar-refractivity contribution is 5.59. The monoisotopic (exact) mass is 403 g/mol. The van der Waals surface area contributed by atoms with Gasteiger partial charge in [0.1, 0.15) is 5.75 Å². The largest absolute Gasteiger partial charge is 0.497 e. The van der Waals surface area contributed by atoms with Gasteiger partial charge in [-0.05, 0) is 61.5 Å². The Morgan fingerprint density at radius 2 is 1.80 bits per heavy atom. The van der Waals surface area contributed by atoms with Crippen molar-refractivity contribution in [3.05, 3.63) is 71.5 Å². The fourth-order valence-corrected chi connectivity index (χ4v) is 3.64. The van der Waals surface area contributed by atoms with Gasteiger partial charge in [-0.25, -0.2) is 9.97 Å². The Hall–Kier alpha value is -3.12. The molecule has 6 heteroatoms. The van der Waals surface area contributed by atoms with Gasteiger partial charge in [-0.15, -0.1) is 0 Å². The number of nitrogens with zero attached hydrogens (tertiary/aromatic N) is 4. The minimum Gasteiger partial charge on any atom is -0.497 e. The van der Waals surface area contributed by atoms with Gasteiger partial charge in [-0.2, -0.15) is 0 Å². The fourth-order valence-electron chi connectivity index (χ4n) is 3.64. The summed E-state index contributed by atoms with van der Waals surface area (Å²) in [5.41, 5.74) is 5.50. The standard InChI is InChI=1S/C24H29N5O/c1-18-17-25-24(27-23(18)16-19-5-4-6-22(15-19)30-3)26-20-7-9-21(10-8-20)29-13-11-28(2)12-14-29/h4-10,15,17H,11-14,16H2,1-3H3,(H,25,26,27). The molecule has 0 saturated carbocycles. The van der Waals surface area contributed by atoms with Crippen molar-refractivity contribution in [3.8, 4) is 5.75 Å². The molecule has 1 fully saturated rings. The van der Waals surface area contributed by atoms with E-state index in [0.717, 1.165) is 55.3 Å². The molecule has 0 aliphatic carbocycles. The summed E-state index contributed by atoms with van der Waals surface area (Å²) < 4.78 is 5.33. The zero-order chi connectivity index (χ0) is 20.9. The lowest BCUT2D eigenvalue weighted by Crippen LogP contribution is -2.44. The summed E-state index contributed by atoms with van der Waals surface area (Å²) in [6.07, 6.45) is 2.62. The number of rotatable bonds is 6. The van der Waals surface area contributed by atoms with Crippen molar-refractivity contribution in [1.82, 2.24) is 14.9 Å². The van der Waals surface area contributed by atoms with Crippen LogP contribution in [-0.4, -0.2) is 55.2 Å². The maximum absolute atomic E-state index is 5.33. The molecular weight excluding hydrogens is 374 g/mol. The smallest absolute Gasteiger partial charge is 0.227 e. The second-order valence-electron chi connectivity index (χ2n) is 7.81. The summed E-state index contributed by atoms with van der Waals surface area (Å²) in [7, 11) is 3.86.